The van der Waals surface area contributed by atoms with Crippen molar-refractivity contribution in [1.82, 2.24) is 4.98 Å². The maximum Gasteiger partial charge on any atom is 0.357 e. The summed E-state index contributed by atoms with van der Waals surface area (Å²) in [4.78, 5) is 20.2. The lowest BCUT2D eigenvalue weighted by Crippen LogP contribution is -2.28. The van der Waals surface area contributed by atoms with Crippen LogP contribution < -0.4 is 9.88 Å². The van der Waals surface area contributed by atoms with Crippen molar-refractivity contribution in [2.75, 3.05) is 11.9 Å². The highest BCUT2D eigenvalue weighted by molar-refractivity contribution is 7.18. The van der Waals surface area contributed by atoms with Crippen molar-refractivity contribution in [1.29, 1.82) is 0 Å². The zero-order chi connectivity index (χ0) is 15.7. The molecule has 0 aliphatic heterocycles. The van der Waals surface area contributed by atoms with Crippen LogP contribution in [0.25, 0.3) is 10.2 Å². The zero-order valence-corrected chi connectivity index (χ0v) is 13.0. The predicted molar refractivity (Wildman–Crippen MR) is 86.1 cm³/mol. The van der Waals surface area contributed by atoms with Gasteiger partial charge >= 0.3 is 11.5 Å². The number of nitrogens with one attached hydrogen (secondary N) is 1. The molecule has 0 aliphatic rings. The van der Waals surface area contributed by atoms with Crippen LogP contribution in [0.1, 0.15) is 18.0 Å². The van der Waals surface area contributed by atoms with Gasteiger partial charge in [0, 0.05) is 6.07 Å². The zero-order valence-electron chi connectivity index (χ0n) is 12.2. The van der Waals surface area contributed by atoms with E-state index in [4.69, 9.17) is 0 Å². The number of hydrogen-bond donors (Lipinski definition) is 0. The van der Waals surface area contributed by atoms with Gasteiger partial charge in [-0.1, -0.05) is 12.1 Å². The van der Waals surface area contributed by atoms with Crippen molar-refractivity contribution in [3.05, 3.63) is 57.7 Å². The number of fused-ring (bicyclic) bond motifs is 1. The van der Waals surface area contributed by atoms with Crippen LogP contribution >= 0.6 is 11.3 Å². The average Bonchev–Trinajstić information content (AvgIpc) is 2.97. The molecule has 0 saturated carbocycles. The molecule has 0 unspecified atom stereocenters. The third-order valence-corrected chi connectivity index (χ3v) is 4.82. The van der Waals surface area contributed by atoms with E-state index in [1.165, 1.54) is 6.07 Å². The Kier molecular flexibility index (Phi) is 3.72. The Morgan fingerprint density at radius 2 is 2.09 bits per heavy atom. The van der Waals surface area contributed by atoms with Gasteiger partial charge in [0.2, 0.25) is 0 Å². The van der Waals surface area contributed by atoms with E-state index in [9.17, 15) is 10.1 Å². The summed E-state index contributed by atoms with van der Waals surface area (Å²) in [6.07, 6.45) is 1.68. The molecule has 6 nitrogen and oxygen atoms in total. The maximum absolute atomic E-state index is 11.2. The summed E-state index contributed by atoms with van der Waals surface area (Å²) in [6, 6.07) is 11.0. The fourth-order valence-electron chi connectivity index (χ4n) is 2.28. The van der Waals surface area contributed by atoms with Gasteiger partial charge < -0.3 is 0 Å². The minimum absolute atomic E-state index is 0.0537. The van der Waals surface area contributed by atoms with E-state index >= 15 is 0 Å². The van der Waals surface area contributed by atoms with Gasteiger partial charge in [0.15, 0.2) is 0 Å². The SMILES string of the molecule is C[C@H](c1nc2ccccc2s1)N(C)c1[nH+]cccc1[N+](=O)[O-]. The molecule has 1 atom stereocenters. The lowest BCUT2D eigenvalue weighted by Gasteiger charge is -2.16. The summed E-state index contributed by atoms with van der Waals surface area (Å²) in [7, 11) is 1.83. The van der Waals surface area contributed by atoms with Gasteiger partial charge in [0.1, 0.15) is 11.0 Å². The Hall–Kier alpha value is -2.54. The molecule has 0 bridgehead atoms. The van der Waals surface area contributed by atoms with Gasteiger partial charge in [0.05, 0.1) is 28.4 Å². The first-order valence-corrected chi connectivity index (χ1v) is 7.63. The number of hydrogen-bond acceptors (Lipinski definition) is 5. The van der Waals surface area contributed by atoms with Crippen LogP contribution in [0.2, 0.25) is 0 Å². The highest BCUT2D eigenvalue weighted by Gasteiger charge is 2.30. The van der Waals surface area contributed by atoms with Crippen molar-refractivity contribution >= 4 is 33.1 Å². The fraction of sp³-hybridized carbons (Fsp3) is 0.200. The van der Waals surface area contributed by atoms with Crippen LogP contribution in [0.4, 0.5) is 11.5 Å². The molecule has 2 aromatic heterocycles. The number of anilines is 1. The second-order valence-corrected chi connectivity index (χ2v) is 6.03. The van der Waals surface area contributed by atoms with Crippen LogP contribution in [-0.4, -0.2) is 17.0 Å². The molecular formula is C15H15N4O2S+. The molecule has 0 radical (unpaired) electrons. The number of benzene rings is 1. The molecular weight excluding hydrogens is 300 g/mol. The van der Waals surface area contributed by atoms with Crippen molar-refractivity contribution in [2.45, 2.75) is 13.0 Å². The Morgan fingerprint density at radius 3 is 2.82 bits per heavy atom. The van der Waals surface area contributed by atoms with Crippen LogP contribution in [0.15, 0.2) is 42.6 Å². The molecule has 0 aliphatic carbocycles. The summed E-state index contributed by atoms with van der Waals surface area (Å²) < 4.78 is 1.12. The van der Waals surface area contributed by atoms with Crippen molar-refractivity contribution in [3.8, 4) is 0 Å². The van der Waals surface area contributed by atoms with E-state index in [0.29, 0.717) is 5.82 Å². The van der Waals surface area contributed by atoms with Gasteiger partial charge in [-0.3, -0.25) is 10.1 Å². The molecule has 0 saturated heterocycles. The largest absolute Gasteiger partial charge is 0.357 e. The molecule has 112 valence electrons. The number of nitro groups is 1. The number of aromatic nitrogens is 2. The van der Waals surface area contributed by atoms with E-state index < -0.39 is 0 Å². The van der Waals surface area contributed by atoms with E-state index in [1.807, 2.05) is 43.1 Å². The van der Waals surface area contributed by atoms with Gasteiger partial charge in [-0.25, -0.2) is 14.9 Å². The highest BCUT2D eigenvalue weighted by Crippen LogP contribution is 2.32. The monoisotopic (exact) mass is 315 g/mol. The number of pyridine rings is 1. The first kappa shape index (κ1) is 14.4. The number of para-hydroxylation sites is 1. The summed E-state index contributed by atoms with van der Waals surface area (Å²) in [5.41, 5.74) is 1.01. The molecule has 22 heavy (non-hydrogen) atoms. The second kappa shape index (κ2) is 5.69. The van der Waals surface area contributed by atoms with Gasteiger partial charge in [-0.05, 0) is 25.1 Å². The van der Waals surface area contributed by atoms with Crippen molar-refractivity contribution in [2.24, 2.45) is 0 Å². The fourth-order valence-corrected chi connectivity index (χ4v) is 3.34. The van der Waals surface area contributed by atoms with Gasteiger partial charge in [-0.2, -0.15) is 0 Å². The average molecular weight is 315 g/mol. The van der Waals surface area contributed by atoms with E-state index in [2.05, 4.69) is 9.97 Å². The Balaban J connectivity index is 1.97. The minimum atomic E-state index is -0.382. The third kappa shape index (κ3) is 2.50. The van der Waals surface area contributed by atoms with E-state index in [-0.39, 0.29) is 16.7 Å². The van der Waals surface area contributed by atoms with Gasteiger partial charge in [0.25, 0.3) is 0 Å². The molecule has 1 aromatic carbocycles. The van der Waals surface area contributed by atoms with E-state index in [1.54, 1.807) is 23.6 Å². The highest BCUT2D eigenvalue weighted by atomic mass is 32.1. The lowest BCUT2D eigenvalue weighted by molar-refractivity contribution is -0.411. The summed E-state index contributed by atoms with van der Waals surface area (Å²) >= 11 is 1.61. The van der Waals surface area contributed by atoms with Crippen LogP contribution in [-0.2, 0) is 0 Å². The normalized spacial score (nSPS) is 12.3. The number of thiazole rings is 1. The first-order valence-electron chi connectivity index (χ1n) is 6.81. The van der Waals surface area contributed by atoms with Crippen molar-refractivity contribution < 1.29 is 9.91 Å². The second-order valence-electron chi connectivity index (χ2n) is 4.97. The number of nitrogens with zero attached hydrogens (tertiary/aromatic N) is 3. The number of aromatic amines is 1. The number of rotatable bonds is 4. The Morgan fingerprint density at radius 1 is 1.32 bits per heavy atom. The summed E-state index contributed by atoms with van der Waals surface area (Å²) in [6.45, 7) is 1.99. The Bertz CT molecular complexity index is 800. The molecule has 0 fully saturated rings. The standard InChI is InChI=1S/C15H14N4O2S/c1-10(15-17-11-6-3-4-8-13(11)22-15)18(2)14-12(19(20)21)7-5-9-16-14/h3-10H,1-2H3/p+1/t10-/m1/s1. The first-order chi connectivity index (χ1) is 10.6. The summed E-state index contributed by atoms with van der Waals surface area (Å²) in [5, 5.41) is 12.1. The van der Waals surface area contributed by atoms with Crippen LogP contribution in [0.5, 0.6) is 0 Å². The molecule has 1 N–H and O–H groups in total. The smallest absolute Gasteiger partial charge is 0.258 e. The van der Waals surface area contributed by atoms with Gasteiger partial charge in [-0.15, -0.1) is 11.3 Å². The molecule has 7 heteroatoms. The molecule has 3 aromatic rings. The quantitative estimate of drug-likeness (QED) is 0.547. The molecule has 2 heterocycles. The van der Waals surface area contributed by atoms with Crippen LogP contribution in [0.3, 0.4) is 0 Å². The van der Waals surface area contributed by atoms with E-state index in [0.717, 1.165) is 15.2 Å². The predicted octanol–water partition coefficient (Wildman–Crippen LogP) is 3.22. The minimum Gasteiger partial charge on any atom is -0.258 e. The Labute approximate surface area is 131 Å². The molecule has 0 amide bonds. The number of H-pyrrole nitrogens is 1. The summed E-state index contributed by atoms with van der Waals surface area (Å²) in [5.74, 6) is 0.472. The molecule has 3 rings (SSSR count). The lowest BCUT2D eigenvalue weighted by atomic mass is 10.3. The molecule has 0 spiro atoms. The van der Waals surface area contributed by atoms with Crippen molar-refractivity contribution in [3.63, 3.8) is 0 Å². The maximum atomic E-state index is 11.2. The topological polar surface area (TPSA) is 73.4 Å². The van der Waals surface area contributed by atoms with Crippen LogP contribution in [0, 0.1) is 10.1 Å². The third-order valence-electron chi connectivity index (χ3n) is 3.61.